The van der Waals surface area contributed by atoms with Gasteiger partial charge in [0.2, 0.25) is 10.0 Å². The lowest BCUT2D eigenvalue weighted by Gasteiger charge is -2.19. The van der Waals surface area contributed by atoms with Crippen LogP contribution in [0.1, 0.15) is 13.3 Å². The molecule has 8 heteroatoms. The molecule has 4 rings (SSSR count). The number of rotatable bonds is 7. The average Bonchev–Trinajstić information content (AvgIpc) is 3.14. The van der Waals surface area contributed by atoms with E-state index in [4.69, 9.17) is 9.15 Å². The number of sulfonamides is 1. The smallest absolute Gasteiger partial charge is 0.265 e. The predicted octanol–water partition coefficient (Wildman–Crippen LogP) is 4.78. The highest BCUT2D eigenvalue weighted by atomic mass is 32.2. The summed E-state index contributed by atoms with van der Waals surface area (Å²) in [6, 6.07) is 19.9. The standard InChI is InChI=1S/C24H24N2O5S/c1-4-21(30-18-12-10-17(11-13-18)26(2)32(3,28)29)24(27)25-16-9-14-20-19-7-5-6-8-22(19)31-23(20)15-16/h5-15,21H,4H2,1-3H3,(H,25,27). The zero-order valence-electron chi connectivity index (χ0n) is 18.0. The maximum Gasteiger partial charge on any atom is 0.265 e. The van der Waals surface area contributed by atoms with Crippen LogP contribution in [-0.2, 0) is 14.8 Å². The maximum absolute atomic E-state index is 12.8. The molecule has 0 saturated heterocycles. The van der Waals surface area contributed by atoms with E-state index in [9.17, 15) is 13.2 Å². The number of carbonyl (C=O) groups is 1. The summed E-state index contributed by atoms with van der Waals surface area (Å²) in [6.07, 6.45) is 0.890. The second kappa shape index (κ2) is 8.55. The van der Waals surface area contributed by atoms with Crippen molar-refractivity contribution < 1.29 is 22.4 Å². The number of furan rings is 1. The highest BCUT2D eigenvalue weighted by molar-refractivity contribution is 7.92. The molecule has 7 nitrogen and oxygen atoms in total. The van der Waals surface area contributed by atoms with Gasteiger partial charge in [-0.2, -0.15) is 0 Å². The summed E-state index contributed by atoms with van der Waals surface area (Å²) in [5.74, 6) is 0.200. The van der Waals surface area contributed by atoms with Gasteiger partial charge in [-0.3, -0.25) is 9.10 Å². The van der Waals surface area contributed by atoms with Gasteiger partial charge < -0.3 is 14.5 Å². The molecular formula is C24H24N2O5S. The van der Waals surface area contributed by atoms with Crippen molar-refractivity contribution in [3.63, 3.8) is 0 Å². The fourth-order valence-corrected chi connectivity index (χ4v) is 3.94. The molecule has 1 unspecified atom stereocenters. The largest absolute Gasteiger partial charge is 0.481 e. The summed E-state index contributed by atoms with van der Waals surface area (Å²) in [7, 11) is -1.87. The molecule has 0 radical (unpaired) electrons. The SMILES string of the molecule is CCC(Oc1ccc(N(C)S(C)(=O)=O)cc1)C(=O)Nc1ccc2c(c1)oc1ccccc12. The van der Waals surface area contributed by atoms with Gasteiger partial charge in [-0.05, 0) is 48.9 Å². The quantitative estimate of drug-likeness (QED) is 0.436. The normalized spacial score (nSPS) is 12.6. The zero-order chi connectivity index (χ0) is 22.9. The molecule has 0 fully saturated rings. The lowest BCUT2D eigenvalue weighted by molar-refractivity contribution is -0.122. The average molecular weight is 453 g/mol. The lowest BCUT2D eigenvalue weighted by Crippen LogP contribution is -2.32. The summed E-state index contributed by atoms with van der Waals surface area (Å²) in [5, 5.41) is 4.90. The van der Waals surface area contributed by atoms with Crippen molar-refractivity contribution in [2.24, 2.45) is 0 Å². The van der Waals surface area contributed by atoms with Gasteiger partial charge in [0.05, 0.1) is 11.9 Å². The minimum absolute atomic E-state index is 0.278. The van der Waals surface area contributed by atoms with Crippen LogP contribution in [0.4, 0.5) is 11.4 Å². The minimum Gasteiger partial charge on any atom is -0.481 e. The van der Waals surface area contributed by atoms with Crippen LogP contribution in [0.15, 0.2) is 71.1 Å². The van der Waals surface area contributed by atoms with Gasteiger partial charge in [0.25, 0.3) is 5.91 Å². The van der Waals surface area contributed by atoms with Crippen LogP contribution in [0.25, 0.3) is 21.9 Å². The highest BCUT2D eigenvalue weighted by Crippen LogP contribution is 2.30. The van der Waals surface area contributed by atoms with Gasteiger partial charge in [0.15, 0.2) is 6.10 Å². The number of fused-ring (bicyclic) bond motifs is 3. The lowest BCUT2D eigenvalue weighted by atomic mass is 10.1. The Morgan fingerprint density at radius 1 is 1.03 bits per heavy atom. The van der Waals surface area contributed by atoms with Gasteiger partial charge in [0.1, 0.15) is 16.9 Å². The van der Waals surface area contributed by atoms with Gasteiger partial charge in [-0.25, -0.2) is 8.42 Å². The van der Waals surface area contributed by atoms with Crippen LogP contribution in [-0.4, -0.2) is 33.7 Å². The van der Waals surface area contributed by atoms with E-state index >= 15 is 0 Å². The molecule has 32 heavy (non-hydrogen) atoms. The number of hydrogen-bond acceptors (Lipinski definition) is 5. The Morgan fingerprint density at radius 2 is 1.72 bits per heavy atom. The van der Waals surface area contributed by atoms with Crippen molar-refractivity contribution in [2.45, 2.75) is 19.4 Å². The van der Waals surface area contributed by atoms with Crippen molar-refractivity contribution in [1.82, 2.24) is 0 Å². The molecular weight excluding hydrogens is 428 g/mol. The molecule has 0 aliphatic carbocycles. The molecule has 1 N–H and O–H groups in total. The first-order valence-electron chi connectivity index (χ1n) is 10.2. The van der Waals surface area contributed by atoms with Gasteiger partial charge in [-0.1, -0.05) is 25.1 Å². The van der Waals surface area contributed by atoms with E-state index in [0.29, 0.717) is 29.1 Å². The Bertz CT molecular complexity index is 1380. The third-order valence-corrected chi connectivity index (χ3v) is 6.49. The molecule has 0 spiro atoms. The van der Waals surface area contributed by atoms with E-state index in [1.807, 2.05) is 43.3 Å². The third-order valence-electron chi connectivity index (χ3n) is 5.29. The van der Waals surface area contributed by atoms with Crippen LogP contribution in [0, 0.1) is 0 Å². The first-order chi connectivity index (χ1) is 15.3. The number of benzene rings is 3. The summed E-state index contributed by atoms with van der Waals surface area (Å²) >= 11 is 0. The number of hydrogen-bond donors (Lipinski definition) is 1. The van der Waals surface area contributed by atoms with Crippen LogP contribution < -0.4 is 14.4 Å². The first-order valence-corrected chi connectivity index (χ1v) is 12.0. The Kier molecular flexibility index (Phi) is 5.80. The van der Waals surface area contributed by atoms with Crippen molar-refractivity contribution in [1.29, 1.82) is 0 Å². The van der Waals surface area contributed by atoms with Crippen LogP contribution in [0.2, 0.25) is 0 Å². The predicted molar refractivity (Wildman–Crippen MR) is 127 cm³/mol. The maximum atomic E-state index is 12.8. The Labute approximate surface area is 186 Å². The van der Waals surface area contributed by atoms with Crippen molar-refractivity contribution >= 4 is 49.2 Å². The molecule has 3 aromatic carbocycles. The van der Waals surface area contributed by atoms with E-state index < -0.39 is 16.1 Å². The number of anilines is 2. The number of para-hydroxylation sites is 1. The number of carbonyl (C=O) groups excluding carboxylic acids is 1. The van der Waals surface area contributed by atoms with Gasteiger partial charge in [0, 0.05) is 29.6 Å². The Hall–Kier alpha value is -3.52. The fourth-order valence-electron chi connectivity index (χ4n) is 3.44. The molecule has 1 amide bonds. The number of nitrogens with one attached hydrogen (secondary N) is 1. The molecule has 1 atom stereocenters. The summed E-state index contributed by atoms with van der Waals surface area (Å²) in [5.41, 5.74) is 2.62. The Morgan fingerprint density at radius 3 is 2.41 bits per heavy atom. The molecule has 0 saturated carbocycles. The second-order valence-electron chi connectivity index (χ2n) is 7.54. The summed E-state index contributed by atoms with van der Waals surface area (Å²) in [4.78, 5) is 12.8. The molecule has 1 heterocycles. The highest BCUT2D eigenvalue weighted by Gasteiger charge is 2.20. The summed E-state index contributed by atoms with van der Waals surface area (Å²) < 4.78 is 36.3. The van der Waals surface area contributed by atoms with E-state index in [0.717, 1.165) is 22.6 Å². The second-order valence-corrected chi connectivity index (χ2v) is 9.55. The molecule has 1 aromatic heterocycles. The number of ether oxygens (including phenoxy) is 1. The van der Waals surface area contributed by atoms with Crippen molar-refractivity contribution in [3.05, 3.63) is 66.7 Å². The van der Waals surface area contributed by atoms with Crippen molar-refractivity contribution in [2.75, 3.05) is 22.9 Å². The van der Waals surface area contributed by atoms with Crippen LogP contribution in [0.3, 0.4) is 0 Å². The van der Waals surface area contributed by atoms with Crippen molar-refractivity contribution in [3.8, 4) is 5.75 Å². The van der Waals surface area contributed by atoms with Crippen LogP contribution >= 0.6 is 0 Å². The monoisotopic (exact) mass is 452 g/mol. The van der Waals surface area contributed by atoms with Gasteiger partial charge in [-0.15, -0.1) is 0 Å². The van der Waals surface area contributed by atoms with E-state index in [1.54, 1.807) is 30.3 Å². The van der Waals surface area contributed by atoms with Crippen LogP contribution in [0.5, 0.6) is 5.75 Å². The fraction of sp³-hybridized carbons (Fsp3) is 0.208. The molecule has 0 aliphatic rings. The Balaban J connectivity index is 1.47. The molecule has 0 aliphatic heterocycles. The zero-order valence-corrected chi connectivity index (χ0v) is 18.8. The molecule has 0 bridgehead atoms. The molecule has 166 valence electrons. The number of nitrogens with zero attached hydrogens (tertiary/aromatic N) is 1. The van der Waals surface area contributed by atoms with Gasteiger partial charge >= 0.3 is 0 Å². The van der Waals surface area contributed by atoms with E-state index in [-0.39, 0.29) is 5.91 Å². The first kappa shape index (κ1) is 21.7. The minimum atomic E-state index is -3.35. The molecule has 4 aromatic rings. The third kappa shape index (κ3) is 4.40. The van der Waals surface area contributed by atoms with E-state index in [1.165, 1.54) is 11.4 Å². The van der Waals surface area contributed by atoms with E-state index in [2.05, 4.69) is 5.32 Å². The summed E-state index contributed by atoms with van der Waals surface area (Å²) in [6.45, 7) is 1.86. The topological polar surface area (TPSA) is 88.8 Å². The number of amides is 1.